The van der Waals surface area contributed by atoms with Crippen molar-refractivity contribution in [3.8, 4) is 0 Å². The van der Waals surface area contributed by atoms with Crippen LogP contribution in [0.15, 0.2) is 39.8 Å². The molecule has 0 radical (unpaired) electrons. The van der Waals surface area contributed by atoms with Crippen LogP contribution in [0.4, 0.5) is 5.69 Å². The lowest BCUT2D eigenvalue weighted by atomic mass is 10.0. The largest absolute Gasteiger partial charge is 0.357 e. The summed E-state index contributed by atoms with van der Waals surface area (Å²) in [4.78, 5) is 14.0. The molecule has 17 heavy (non-hydrogen) atoms. The number of nitrogens with one attached hydrogen (secondary N) is 2. The first kappa shape index (κ1) is 9.59. The van der Waals surface area contributed by atoms with E-state index in [1.165, 1.54) is 0 Å². The Kier molecular flexibility index (Phi) is 1.73. The number of amides is 1. The molecule has 1 fully saturated rings. The van der Waals surface area contributed by atoms with E-state index in [0.29, 0.717) is 0 Å². The fourth-order valence-electron chi connectivity index (χ4n) is 2.49. The Bertz CT molecular complexity index is 560. The van der Waals surface area contributed by atoms with E-state index in [-0.39, 0.29) is 11.4 Å². The van der Waals surface area contributed by atoms with Crippen LogP contribution in [-0.2, 0) is 4.79 Å². The molecule has 0 saturated heterocycles. The lowest BCUT2D eigenvalue weighted by Gasteiger charge is -2.31. The molecule has 2 N–H and O–H groups in total. The molecule has 0 atom stereocenters. The summed E-state index contributed by atoms with van der Waals surface area (Å²) in [5.41, 5.74) is 2.31. The first-order chi connectivity index (χ1) is 8.26. The molecule has 0 bridgehead atoms. The van der Waals surface area contributed by atoms with Gasteiger partial charge < -0.3 is 10.6 Å². The van der Waals surface area contributed by atoms with Crippen LogP contribution in [-0.4, -0.2) is 11.4 Å². The van der Waals surface area contributed by atoms with Crippen LogP contribution in [0.1, 0.15) is 19.3 Å². The van der Waals surface area contributed by atoms with Crippen LogP contribution in [0.5, 0.6) is 0 Å². The summed E-state index contributed by atoms with van der Waals surface area (Å²) in [6.07, 6.45) is 3.18. The lowest BCUT2D eigenvalue weighted by molar-refractivity contribution is -0.118. The number of thioether (sulfide) groups is 1. The van der Waals surface area contributed by atoms with Crippen LogP contribution in [0.25, 0.3) is 0 Å². The monoisotopic (exact) mass is 244 g/mol. The topological polar surface area (TPSA) is 41.1 Å². The van der Waals surface area contributed by atoms with Gasteiger partial charge in [-0.05, 0) is 25.0 Å². The Hall–Kier alpha value is -1.42. The molecule has 1 amide bonds. The van der Waals surface area contributed by atoms with E-state index in [1.54, 1.807) is 11.8 Å². The quantitative estimate of drug-likeness (QED) is 0.736. The van der Waals surface area contributed by atoms with E-state index >= 15 is 0 Å². The molecule has 1 spiro atoms. The number of fused-ring (bicyclic) bond motifs is 1. The lowest BCUT2D eigenvalue weighted by Crippen LogP contribution is -2.43. The minimum atomic E-state index is 0.0791. The molecule has 4 heteroatoms. The SMILES string of the molecule is O=C1NC2(CC2)CC2=C1Sc1ccccc1N2. The van der Waals surface area contributed by atoms with Gasteiger partial charge in [0.2, 0.25) is 0 Å². The molecule has 4 rings (SSSR count). The zero-order valence-corrected chi connectivity index (χ0v) is 10.1. The maximum atomic E-state index is 12.1. The van der Waals surface area contributed by atoms with Crippen molar-refractivity contribution in [1.82, 2.24) is 5.32 Å². The molecule has 2 aliphatic heterocycles. The van der Waals surface area contributed by atoms with E-state index in [4.69, 9.17) is 0 Å². The van der Waals surface area contributed by atoms with Crippen LogP contribution in [0.3, 0.4) is 0 Å². The van der Waals surface area contributed by atoms with Gasteiger partial charge in [0.15, 0.2) is 0 Å². The first-order valence-electron chi connectivity index (χ1n) is 5.85. The number of benzene rings is 1. The number of rotatable bonds is 0. The molecule has 1 saturated carbocycles. The standard InChI is InChI=1S/C13H12N2OS/c16-12-11-9(7-13(15-12)5-6-13)14-8-3-1-2-4-10(8)17-11/h1-4,14H,5-7H2,(H,15,16). The van der Waals surface area contributed by atoms with Gasteiger partial charge in [0.25, 0.3) is 5.91 Å². The van der Waals surface area contributed by atoms with E-state index in [1.807, 2.05) is 18.2 Å². The summed E-state index contributed by atoms with van der Waals surface area (Å²) in [5.74, 6) is 0.0933. The van der Waals surface area contributed by atoms with Crippen LogP contribution in [0, 0.1) is 0 Å². The second-order valence-corrected chi connectivity index (χ2v) is 5.99. The summed E-state index contributed by atoms with van der Waals surface area (Å²) in [6, 6.07) is 8.14. The van der Waals surface area contributed by atoms with E-state index in [2.05, 4.69) is 16.7 Å². The third kappa shape index (κ3) is 1.40. The van der Waals surface area contributed by atoms with Gasteiger partial charge in [0.1, 0.15) is 0 Å². The highest BCUT2D eigenvalue weighted by atomic mass is 32.2. The fourth-order valence-corrected chi connectivity index (χ4v) is 3.48. The minimum absolute atomic E-state index is 0.0791. The summed E-state index contributed by atoms with van der Waals surface area (Å²) < 4.78 is 0. The number of hydrogen-bond donors (Lipinski definition) is 2. The molecule has 2 heterocycles. The molecule has 0 unspecified atom stereocenters. The molecule has 1 aliphatic carbocycles. The molecule has 1 aromatic carbocycles. The molecule has 3 aliphatic rings. The maximum Gasteiger partial charge on any atom is 0.260 e. The normalized spacial score (nSPS) is 23.6. The average Bonchev–Trinajstić information content (AvgIpc) is 3.06. The van der Waals surface area contributed by atoms with E-state index in [0.717, 1.165) is 40.4 Å². The van der Waals surface area contributed by atoms with Gasteiger partial charge in [-0.15, -0.1) is 0 Å². The van der Waals surface area contributed by atoms with Crippen LogP contribution >= 0.6 is 11.8 Å². The Morgan fingerprint density at radius 2 is 2.06 bits per heavy atom. The van der Waals surface area contributed by atoms with Crippen molar-refractivity contribution in [2.75, 3.05) is 5.32 Å². The summed E-state index contributed by atoms with van der Waals surface area (Å²) in [5, 5.41) is 6.56. The third-order valence-electron chi connectivity index (χ3n) is 3.61. The van der Waals surface area contributed by atoms with Crippen molar-refractivity contribution in [3.05, 3.63) is 34.9 Å². The van der Waals surface area contributed by atoms with Crippen molar-refractivity contribution in [2.24, 2.45) is 0 Å². The minimum Gasteiger partial charge on any atom is -0.357 e. The maximum absolute atomic E-state index is 12.1. The van der Waals surface area contributed by atoms with Gasteiger partial charge >= 0.3 is 0 Å². The fraction of sp³-hybridized carbons (Fsp3) is 0.308. The number of anilines is 1. The van der Waals surface area contributed by atoms with Gasteiger partial charge in [-0.25, -0.2) is 0 Å². The van der Waals surface area contributed by atoms with Crippen LogP contribution < -0.4 is 10.6 Å². The molecule has 0 aromatic heterocycles. The Balaban J connectivity index is 1.76. The Morgan fingerprint density at radius 3 is 2.88 bits per heavy atom. The zero-order valence-electron chi connectivity index (χ0n) is 9.25. The first-order valence-corrected chi connectivity index (χ1v) is 6.67. The van der Waals surface area contributed by atoms with E-state index < -0.39 is 0 Å². The summed E-state index contributed by atoms with van der Waals surface area (Å²) in [7, 11) is 0. The van der Waals surface area contributed by atoms with Crippen molar-refractivity contribution < 1.29 is 4.79 Å². The molecule has 1 aromatic rings. The molecular formula is C13H12N2OS. The van der Waals surface area contributed by atoms with Gasteiger partial charge in [0.05, 0.1) is 10.6 Å². The highest BCUT2D eigenvalue weighted by Crippen LogP contribution is 2.49. The Morgan fingerprint density at radius 1 is 1.24 bits per heavy atom. The number of carbonyl (C=O) groups excluding carboxylic acids is 1. The molecule has 3 nitrogen and oxygen atoms in total. The zero-order chi connectivity index (χ0) is 11.5. The summed E-state index contributed by atoms with van der Waals surface area (Å²) in [6.45, 7) is 0. The smallest absolute Gasteiger partial charge is 0.260 e. The second-order valence-electron chi connectivity index (χ2n) is 4.94. The number of carbonyl (C=O) groups is 1. The highest BCUT2D eigenvalue weighted by molar-refractivity contribution is 8.04. The second kappa shape index (κ2) is 3.07. The number of hydrogen-bond acceptors (Lipinski definition) is 3. The van der Waals surface area contributed by atoms with Gasteiger partial charge in [-0.3, -0.25) is 4.79 Å². The molecular weight excluding hydrogens is 232 g/mol. The van der Waals surface area contributed by atoms with Crippen molar-refractivity contribution >= 4 is 23.4 Å². The third-order valence-corrected chi connectivity index (χ3v) is 4.82. The van der Waals surface area contributed by atoms with Crippen molar-refractivity contribution in [3.63, 3.8) is 0 Å². The van der Waals surface area contributed by atoms with Gasteiger partial charge in [-0.2, -0.15) is 0 Å². The number of para-hydroxylation sites is 1. The van der Waals surface area contributed by atoms with Crippen LogP contribution in [0.2, 0.25) is 0 Å². The van der Waals surface area contributed by atoms with E-state index in [9.17, 15) is 4.79 Å². The van der Waals surface area contributed by atoms with Gasteiger partial charge in [0, 0.05) is 22.6 Å². The van der Waals surface area contributed by atoms with Crippen molar-refractivity contribution in [1.29, 1.82) is 0 Å². The molecule has 86 valence electrons. The Labute approximate surface area is 104 Å². The predicted octanol–water partition coefficient (Wildman–Crippen LogP) is 2.47. The average molecular weight is 244 g/mol. The predicted molar refractivity (Wildman–Crippen MR) is 67.7 cm³/mol. The van der Waals surface area contributed by atoms with Crippen molar-refractivity contribution in [2.45, 2.75) is 29.7 Å². The highest BCUT2D eigenvalue weighted by Gasteiger charge is 2.49. The van der Waals surface area contributed by atoms with Gasteiger partial charge in [-0.1, -0.05) is 23.9 Å². The summed E-state index contributed by atoms with van der Waals surface area (Å²) >= 11 is 1.58.